The molecule has 0 bridgehead atoms. The summed E-state index contributed by atoms with van der Waals surface area (Å²) in [5.41, 5.74) is 1.80. The fourth-order valence-electron chi connectivity index (χ4n) is 3.42. The molecule has 0 aliphatic carbocycles. The average molecular weight is 406 g/mol. The number of benzene rings is 1. The van der Waals surface area contributed by atoms with Crippen molar-refractivity contribution in [2.45, 2.75) is 45.1 Å². The molecule has 0 radical (unpaired) electrons. The summed E-state index contributed by atoms with van der Waals surface area (Å²) in [6, 6.07) is 12.4. The van der Waals surface area contributed by atoms with Gasteiger partial charge in [0.25, 0.3) is 0 Å². The summed E-state index contributed by atoms with van der Waals surface area (Å²) in [4.78, 5) is 14.9. The maximum Gasteiger partial charge on any atom is 0.239 e. The van der Waals surface area contributed by atoms with E-state index in [1.807, 2.05) is 48.1 Å². The monoisotopic (exact) mass is 405 g/mol. The first kappa shape index (κ1) is 22.4. The van der Waals surface area contributed by atoms with Crippen molar-refractivity contribution in [3.63, 3.8) is 0 Å². The van der Waals surface area contributed by atoms with Gasteiger partial charge < -0.3 is 10.6 Å². The van der Waals surface area contributed by atoms with Crippen LogP contribution in [-0.2, 0) is 10.2 Å². The predicted octanol–water partition coefficient (Wildman–Crippen LogP) is 3.21. The van der Waals surface area contributed by atoms with Crippen molar-refractivity contribution in [3.8, 4) is 5.69 Å². The van der Waals surface area contributed by atoms with E-state index in [1.165, 1.54) is 6.42 Å². The zero-order valence-corrected chi connectivity index (χ0v) is 18.1. The van der Waals surface area contributed by atoms with E-state index in [2.05, 4.69) is 36.3 Å². The number of amides is 1. The summed E-state index contributed by atoms with van der Waals surface area (Å²) in [5, 5.41) is 11.2. The van der Waals surface area contributed by atoms with E-state index in [-0.39, 0.29) is 23.7 Å². The summed E-state index contributed by atoms with van der Waals surface area (Å²) in [5.74, 6) is 0.725. The molecule has 1 saturated heterocycles. The van der Waals surface area contributed by atoms with E-state index in [0.29, 0.717) is 12.6 Å². The number of aromatic nitrogens is 2. The van der Waals surface area contributed by atoms with Crippen LogP contribution in [0.2, 0.25) is 0 Å². The van der Waals surface area contributed by atoms with Gasteiger partial charge >= 0.3 is 0 Å². The largest absolute Gasteiger partial charge is 0.316 e. The summed E-state index contributed by atoms with van der Waals surface area (Å²) >= 11 is 0. The second-order valence-electron chi connectivity index (χ2n) is 8.32. The molecule has 1 aliphatic rings. The number of piperidine rings is 1. The number of nitrogens with zero attached hydrogens (tertiary/aromatic N) is 3. The Balaban J connectivity index is 0.00000280. The SMILES string of the molecule is CNC1CCCN(CC(=O)Nc2cc(C(C)(C)C)nn2-c2ccccc2)C1.Cl. The Labute approximate surface area is 174 Å². The number of anilines is 1. The number of carbonyl (C=O) groups excluding carboxylic acids is 1. The van der Waals surface area contributed by atoms with Gasteiger partial charge in [0.1, 0.15) is 5.82 Å². The average Bonchev–Trinajstić information content (AvgIpc) is 3.06. The lowest BCUT2D eigenvalue weighted by molar-refractivity contribution is -0.117. The second-order valence-corrected chi connectivity index (χ2v) is 8.32. The summed E-state index contributed by atoms with van der Waals surface area (Å²) < 4.78 is 1.82. The molecule has 0 spiro atoms. The molecule has 1 aliphatic heterocycles. The standard InChI is InChI=1S/C21H31N5O.ClH/c1-21(2,3)18-13-19(26(24-18)17-10-6-5-7-11-17)23-20(27)15-25-12-8-9-16(14-25)22-4;/h5-7,10-11,13,16,22H,8-9,12,14-15H2,1-4H3,(H,23,27);1H. The predicted molar refractivity (Wildman–Crippen MR) is 117 cm³/mol. The number of likely N-dealkylation sites (tertiary alicyclic amines) is 1. The third kappa shape index (κ3) is 5.56. The van der Waals surface area contributed by atoms with E-state index in [4.69, 9.17) is 5.10 Å². The molecule has 1 atom stereocenters. The molecular formula is C21H32ClN5O. The van der Waals surface area contributed by atoms with Gasteiger partial charge in [0.2, 0.25) is 5.91 Å². The lowest BCUT2D eigenvalue weighted by Crippen LogP contribution is -2.47. The minimum Gasteiger partial charge on any atom is -0.316 e. The second kappa shape index (κ2) is 9.54. The highest BCUT2D eigenvalue weighted by Gasteiger charge is 2.23. The zero-order valence-electron chi connectivity index (χ0n) is 17.2. The summed E-state index contributed by atoms with van der Waals surface area (Å²) in [7, 11) is 1.99. The fourth-order valence-corrected chi connectivity index (χ4v) is 3.42. The number of carbonyl (C=O) groups is 1. The first-order valence-electron chi connectivity index (χ1n) is 9.72. The molecule has 1 unspecified atom stereocenters. The number of hydrogen-bond acceptors (Lipinski definition) is 4. The maximum absolute atomic E-state index is 12.7. The van der Waals surface area contributed by atoms with Crippen molar-refractivity contribution >= 4 is 24.1 Å². The van der Waals surface area contributed by atoms with Gasteiger partial charge in [-0.25, -0.2) is 4.68 Å². The Hall–Kier alpha value is -1.89. The smallest absolute Gasteiger partial charge is 0.239 e. The molecule has 1 amide bonds. The van der Waals surface area contributed by atoms with Gasteiger partial charge in [0.05, 0.1) is 17.9 Å². The van der Waals surface area contributed by atoms with E-state index in [9.17, 15) is 4.79 Å². The number of likely N-dealkylation sites (N-methyl/N-ethyl adjacent to an activating group) is 1. The van der Waals surface area contributed by atoms with E-state index in [1.54, 1.807) is 0 Å². The minimum atomic E-state index is -0.0909. The normalized spacial score (nSPS) is 17.8. The molecule has 2 N–H and O–H groups in total. The molecular weight excluding hydrogens is 374 g/mol. The first-order chi connectivity index (χ1) is 12.9. The van der Waals surface area contributed by atoms with Crippen LogP contribution in [0.25, 0.3) is 5.69 Å². The number of hydrogen-bond donors (Lipinski definition) is 2. The number of rotatable bonds is 5. The Morgan fingerprint density at radius 2 is 1.96 bits per heavy atom. The fraction of sp³-hybridized carbons (Fsp3) is 0.524. The molecule has 7 heteroatoms. The number of para-hydroxylation sites is 1. The van der Waals surface area contributed by atoms with E-state index in [0.717, 1.165) is 36.7 Å². The van der Waals surface area contributed by atoms with Crippen molar-refractivity contribution in [2.75, 3.05) is 32.0 Å². The van der Waals surface area contributed by atoms with Gasteiger partial charge in [-0.05, 0) is 38.6 Å². The number of nitrogens with one attached hydrogen (secondary N) is 2. The number of halogens is 1. The Bertz CT molecular complexity index is 769. The van der Waals surface area contributed by atoms with Crippen LogP contribution in [-0.4, -0.2) is 53.3 Å². The zero-order chi connectivity index (χ0) is 19.4. The van der Waals surface area contributed by atoms with E-state index >= 15 is 0 Å². The third-order valence-corrected chi connectivity index (χ3v) is 5.03. The van der Waals surface area contributed by atoms with Gasteiger partial charge in [-0.15, -0.1) is 12.4 Å². The van der Waals surface area contributed by atoms with Crippen LogP contribution in [0.15, 0.2) is 36.4 Å². The lowest BCUT2D eigenvalue weighted by atomic mass is 9.92. The van der Waals surface area contributed by atoms with Crippen LogP contribution in [0, 0.1) is 0 Å². The Morgan fingerprint density at radius 3 is 2.61 bits per heavy atom. The van der Waals surface area contributed by atoms with Crippen LogP contribution < -0.4 is 10.6 Å². The molecule has 28 heavy (non-hydrogen) atoms. The topological polar surface area (TPSA) is 62.2 Å². The molecule has 3 rings (SSSR count). The summed E-state index contributed by atoms with van der Waals surface area (Å²) in [6.45, 7) is 8.67. The van der Waals surface area contributed by atoms with Gasteiger partial charge in [-0.1, -0.05) is 39.0 Å². The van der Waals surface area contributed by atoms with Crippen molar-refractivity contribution in [1.82, 2.24) is 20.0 Å². The van der Waals surface area contributed by atoms with Crippen molar-refractivity contribution in [3.05, 3.63) is 42.1 Å². The van der Waals surface area contributed by atoms with E-state index < -0.39 is 0 Å². The van der Waals surface area contributed by atoms with Crippen LogP contribution >= 0.6 is 12.4 Å². The molecule has 1 fully saturated rings. The van der Waals surface area contributed by atoms with Gasteiger partial charge in [0, 0.05) is 24.1 Å². The highest BCUT2D eigenvalue weighted by molar-refractivity contribution is 5.91. The molecule has 154 valence electrons. The van der Waals surface area contributed by atoms with Crippen LogP contribution in [0.1, 0.15) is 39.3 Å². The molecule has 1 aromatic heterocycles. The van der Waals surface area contributed by atoms with Gasteiger partial charge in [-0.2, -0.15) is 5.10 Å². The third-order valence-electron chi connectivity index (χ3n) is 5.03. The van der Waals surface area contributed by atoms with Crippen molar-refractivity contribution < 1.29 is 4.79 Å². The van der Waals surface area contributed by atoms with Crippen LogP contribution in [0.3, 0.4) is 0 Å². The molecule has 2 aromatic rings. The minimum absolute atomic E-state index is 0. The molecule has 1 aromatic carbocycles. The Morgan fingerprint density at radius 1 is 1.25 bits per heavy atom. The molecule has 0 saturated carbocycles. The van der Waals surface area contributed by atoms with Gasteiger partial charge in [0.15, 0.2) is 0 Å². The highest BCUT2D eigenvalue weighted by Crippen LogP contribution is 2.26. The molecule has 2 heterocycles. The Kier molecular flexibility index (Phi) is 7.63. The molecule has 6 nitrogen and oxygen atoms in total. The quantitative estimate of drug-likeness (QED) is 0.801. The van der Waals surface area contributed by atoms with Gasteiger partial charge in [-0.3, -0.25) is 9.69 Å². The highest BCUT2D eigenvalue weighted by atomic mass is 35.5. The first-order valence-corrected chi connectivity index (χ1v) is 9.72. The maximum atomic E-state index is 12.7. The van der Waals surface area contributed by atoms with Crippen molar-refractivity contribution in [2.24, 2.45) is 0 Å². The van der Waals surface area contributed by atoms with Crippen LogP contribution in [0.5, 0.6) is 0 Å². The van der Waals surface area contributed by atoms with Crippen LogP contribution in [0.4, 0.5) is 5.82 Å². The lowest BCUT2D eigenvalue weighted by Gasteiger charge is -2.31. The van der Waals surface area contributed by atoms with Crippen molar-refractivity contribution in [1.29, 1.82) is 0 Å². The summed E-state index contributed by atoms with van der Waals surface area (Å²) in [6.07, 6.45) is 2.29.